The fourth-order valence-corrected chi connectivity index (χ4v) is 4.30. The lowest BCUT2D eigenvalue weighted by Gasteiger charge is -2.42. The molecule has 2 heterocycles. The van der Waals surface area contributed by atoms with E-state index >= 15 is 0 Å². The third-order valence-corrected chi connectivity index (χ3v) is 6.15. The first-order valence-electron chi connectivity index (χ1n) is 10.4. The molecule has 1 aliphatic heterocycles. The smallest absolute Gasteiger partial charge is 0.338 e. The number of fused-ring (bicyclic) bond motifs is 1. The average molecular weight is 383 g/mol. The molecule has 1 aromatic heterocycles. The predicted octanol–water partition coefficient (Wildman–Crippen LogP) is 2.19. The minimum atomic E-state index is -0.140. The zero-order valence-electron chi connectivity index (χ0n) is 16.3. The number of carbonyl (C=O) groups excluding carboxylic acids is 1. The summed E-state index contributed by atoms with van der Waals surface area (Å²) in [6.07, 6.45) is 7.16. The van der Waals surface area contributed by atoms with E-state index in [1.54, 1.807) is 9.25 Å². The summed E-state index contributed by atoms with van der Waals surface area (Å²) in [6.45, 7) is 2.50. The van der Waals surface area contributed by atoms with Crippen molar-refractivity contribution in [2.45, 2.75) is 63.5 Å². The van der Waals surface area contributed by atoms with E-state index in [2.05, 4.69) is 40.0 Å². The number of aryl methyl sites for hydroxylation is 2. The number of rotatable bonds is 7. The molecule has 2 N–H and O–H groups in total. The number of urea groups is 1. The molecule has 2 aromatic rings. The van der Waals surface area contributed by atoms with Crippen molar-refractivity contribution in [3.05, 3.63) is 52.2 Å². The van der Waals surface area contributed by atoms with Gasteiger partial charge >= 0.3 is 11.7 Å². The van der Waals surface area contributed by atoms with E-state index in [0.29, 0.717) is 26.1 Å². The van der Waals surface area contributed by atoms with E-state index in [1.807, 2.05) is 6.07 Å². The van der Waals surface area contributed by atoms with Crippen molar-refractivity contribution in [1.82, 2.24) is 25.0 Å². The maximum atomic E-state index is 12.3. The quantitative estimate of drug-likeness (QED) is 0.719. The highest BCUT2D eigenvalue weighted by molar-refractivity contribution is 5.74. The van der Waals surface area contributed by atoms with Crippen LogP contribution in [0.4, 0.5) is 4.79 Å². The Morgan fingerprint density at radius 3 is 2.64 bits per heavy atom. The minimum Gasteiger partial charge on any atom is -0.338 e. The highest BCUT2D eigenvalue weighted by atomic mass is 16.2. The SMILES string of the molecule is O=C(NCCCn1nc2n(c1=O)CCCC2)NCC1(c2ccccc2)CCC1. The Balaban J connectivity index is 1.21. The molecular weight excluding hydrogens is 354 g/mol. The Hall–Kier alpha value is -2.57. The van der Waals surface area contributed by atoms with Gasteiger partial charge in [0.25, 0.3) is 0 Å². The first kappa shape index (κ1) is 18.8. The molecular formula is C21H29N5O2. The molecule has 7 heteroatoms. The molecule has 0 saturated heterocycles. The monoisotopic (exact) mass is 383 g/mol. The number of benzene rings is 1. The molecule has 1 aromatic carbocycles. The molecule has 0 bridgehead atoms. The Kier molecular flexibility index (Phi) is 5.50. The van der Waals surface area contributed by atoms with Gasteiger partial charge in [-0.3, -0.25) is 4.57 Å². The summed E-state index contributed by atoms with van der Waals surface area (Å²) in [4.78, 5) is 24.5. The number of hydrogen-bond donors (Lipinski definition) is 2. The van der Waals surface area contributed by atoms with Gasteiger partial charge in [-0.05, 0) is 37.7 Å². The molecule has 2 amide bonds. The summed E-state index contributed by atoms with van der Waals surface area (Å²) in [5.41, 5.74) is 1.38. The van der Waals surface area contributed by atoms with Crippen molar-refractivity contribution in [2.24, 2.45) is 0 Å². The number of amides is 2. The molecule has 7 nitrogen and oxygen atoms in total. The number of hydrogen-bond acceptors (Lipinski definition) is 3. The Labute approximate surface area is 165 Å². The van der Waals surface area contributed by atoms with Crippen LogP contribution in [0.3, 0.4) is 0 Å². The molecule has 1 aliphatic carbocycles. The van der Waals surface area contributed by atoms with Crippen molar-refractivity contribution < 1.29 is 4.79 Å². The summed E-state index contributed by atoms with van der Waals surface area (Å²) in [5.74, 6) is 0.897. The van der Waals surface area contributed by atoms with Crippen LogP contribution >= 0.6 is 0 Å². The van der Waals surface area contributed by atoms with Crippen LogP contribution in [-0.2, 0) is 24.9 Å². The Bertz CT molecular complexity index is 867. The van der Waals surface area contributed by atoms with Crippen molar-refractivity contribution in [3.63, 3.8) is 0 Å². The zero-order valence-corrected chi connectivity index (χ0v) is 16.3. The molecule has 0 radical (unpaired) electrons. The summed E-state index contributed by atoms with van der Waals surface area (Å²) in [5, 5.41) is 10.4. The van der Waals surface area contributed by atoms with Crippen molar-refractivity contribution in [3.8, 4) is 0 Å². The van der Waals surface area contributed by atoms with Crippen molar-refractivity contribution >= 4 is 6.03 Å². The second-order valence-electron chi connectivity index (χ2n) is 7.99. The van der Waals surface area contributed by atoms with Gasteiger partial charge in [-0.1, -0.05) is 36.8 Å². The van der Waals surface area contributed by atoms with Crippen LogP contribution in [0.2, 0.25) is 0 Å². The van der Waals surface area contributed by atoms with Crippen LogP contribution in [0, 0.1) is 0 Å². The van der Waals surface area contributed by atoms with Crippen molar-refractivity contribution in [1.29, 1.82) is 0 Å². The van der Waals surface area contributed by atoms with Crippen LogP contribution in [-0.4, -0.2) is 33.5 Å². The average Bonchev–Trinajstić information content (AvgIpc) is 3.01. The largest absolute Gasteiger partial charge is 0.345 e. The maximum absolute atomic E-state index is 12.3. The lowest BCUT2D eigenvalue weighted by atomic mass is 9.64. The van der Waals surface area contributed by atoms with Gasteiger partial charge in [0.1, 0.15) is 5.82 Å². The first-order chi connectivity index (χ1) is 13.7. The zero-order chi connectivity index (χ0) is 19.4. The van der Waals surface area contributed by atoms with Crippen LogP contribution in [0.5, 0.6) is 0 Å². The third-order valence-electron chi connectivity index (χ3n) is 6.15. The van der Waals surface area contributed by atoms with E-state index in [0.717, 1.165) is 44.5 Å². The lowest BCUT2D eigenvalue weighted by molar-refractivity contribution is 0.214. The standard InChI is InChI=1S/C21H29N5O2/c27-19(23-16-21(11-6-12-21)17-8-2-1-3-9-17)22-13-7-15-26-20(28)25-14-5-4-10-18(25)24-26/h1-3,8-9H,4-7,10-16H2,(H2,22,23,27). The molecule has 150 valence electrons. The number of aromatic nitrogens is 3. The highest BCUT2D eigenvalue weighted by Gasteiger charge is 2.38. The number of nitrogens with zero attached hydrogens (tertiary/aromatic N) is 3. The minimum absolute atomic E-state index is 0.0195. The number of nitrogens with one attached hydrogen (secondary N) is 2. The normalized spacial score (nSPS) is 17.4. The van der Waals surface area contributed by atoms with Gasteiger partial charge in [0.2, 0.25) is 0 Å². The summed E-state index contributed by atoms with van der Waals surface area (Å²) < 4.78 is 3.32. The van der Waals surface area contributed by atoms with Gasteiger partial charge < -0.3 is 10.6 Å². The molecule has 1 fully saturated rings. The van der Waals surface area contributed by atoms with Gasteiger partial charge in [0.05, 0.1) is 0 Å². The molecule has 28 heavy (non-hydrogen) atoms. The Morgan fingerprint density at radius 2 is 1.93 bits per heavy atom. The topological polar surface area (TPSA) is 81.0 Å². The maximum Gasteiger partial charge on any atom is 0.345 e. The molecule has 0 atom stereocenters. The highest BCUT2D eigenvalue weighted by Crippen LogP contribution is 2.43. The van der Waals surface area contributed by atoms with E-state index in [1.165, 1.54) is 12.0 Å². The van der Waals surface area contributed by atoms with E-state index in [9.17, 15) is 9.59 Å². The van der Waals surface area contributed by atoms with Crippen molar-refractivity contribution in [2.75, 3.05) is 13.1 Å². The van der Waals surface area contributed by atoms with Gasteiger partial charge in [-0.2, -0.15) is 5.10 Å². The first-order valence-corrected chi connectivity index (χ1v) is 10.4. The molecule has 4 rings (SSSR count). The van der Waals surface area contributed by atoms with Gasteiger partial charge in [0.15, 0.2) is 0 Å². The molecule has 1 saturated carbocycles. The van der Waals surface area contributed by atoms with Crippen LogP contribution < -0.4 is 16.3 Å². The van der Waals surface area contributed by atoms with Crippen LogP contribution in [0.1, 0.15) is 49.9 Å². The second kappa shape index (κ2) is 8.20. The van der Waals surface area contributed by atoms with E-state index in [-0.39, 0.29) is 17.1 Å². The third kappa shape index (κ3) is 3.84. The molecule has 2 aliphatic rings. The summed E-state index contributed by atoms with van der Waals surface area (Å²) in [6, 6.07) is 10.3. The van der Waals surface area contributed by atoms with Gasteiger partial charge in [-0.15, -0.1) is 0 Å². The van der Waals surface area contributed by atoms with E-state index in [4.69, 9.17) is 0 Å². The predicted molar refractivity (Wildman–Crippen MR) is 107 cm³/mol. The fourth-order valence-electron chi connectivity index (χ4n) is 4.30. The van der Waals surface area contributed by atoms with Gasteiger partial charge in [0, 0.05) is 38.0 Å². The van der Waals surface area contributed by atoms with Crippen LogP contribution in [0.15, 0.2) is 35.1 Å². The van der Waals surface area contributed by atoms with Crippen LogP contribution in [0.25, 0.3) is 0 Å². The fraction of sp³-hybridized carbons (Fsp3) is 0.571. The molecule has 0 unspecified atom stereocenters. The Morgan fingerprint density at radius 1 is 1.11 bits per heavy atom. The lowest BCUT2D eigenvalue weighted by Crippen LogP contribution is -2.48. The van der Waals surface area contributed by atoms with E-state index < -0.39 is 0 Å². The summed E-state index contributed by atoms with van der Waals surface area (Å²) in [7, 11) is 0. The number of carbonyl (C=O) groups is 1. The summed E-state index contributed by atoms with van der Waals surface area (Å²) >= 11 is 0. The second-order valence-corrected chi connectivity index (χ2v) is 7.99. The molecule has 0 spiro atoms. The van der Waals surface area contributed by atoms with Gasteiger partial charge in [-0.25, -0.2) is 14.3 Å².